The predicted molar refractivity (Wildman–Crippen MR) is 133 cm³/mol. The Bertz CT molecular complexity index is 1100. The minimum atomic E-state index is -0.414. The maximum atomic E-state index is 13.0. The molecule has 1 N–H and O–H groups in total. The number of nitrogens with one attached hydrogen (secondary N) is 1. The number of aromatic amines is 1. The minimum Gasteiger partial charge on any atom is -0.340 e. The maximum absolute atomic E-state index is 13.0. The summed E-state index contributed by atoms with van der Waals surface area (Å²) in [5.74, 6) is 1.15. The van der Waals surface area contributed by atoms with E-state index in [1.165, 1.54) is 25.7 Å². The van der Waals surface area contributed by atoms with Gasteiger partial charge in [0.15, 0.2) is 11.2 Å². The van der Waals surface area contributed by atoms with Crippen molar-refractivity contribution in [2.75, 3.05) is 26.2 Å². The highest BCUT2D eigenvalue weighted by atomic mass is 16.2. The van der Waals surface area contributed by atoms with Crippen LogP contribution in [0.5, 0.6) is 0 Å². The Labute approximate surface area is 201 Å². The van der Waals surface area contributed by atoms with E-state index in [0.717, 1.165) is 39.0 Å². The number of imidazole rings is 1. The van der Waals surface area contributed by atoms with Crippen LogP contribution in [0.2, 0.25) is 0 Å². The molecule has 0 atom stereocenters. The number of carbonyl (C=O) groups excluding carboxylic acids is 1. The van der Waals surface area contributed by atoms with E-state index in [4.69, 9.17) is 4.98 Å². The van der Waals surface area contributed by atoms with Crippen molar-refractivity contribution in [3.05, 3.63) is 26.7 Å². The fraction of sp³-hybridized carbons (Fsp3) is 0.760. The average molecular weight is 473 g/mol. The average Bonchev–Trinajstić information content (AvgIpc) is 3.46. The largest absolute Gasteiger partial charge is 0.340 e. The maximum Gasteiger partial charge on any atom is 0.330 e. The van der Waals surface area contributed by atoms with Crippen molar-refractivity contribution in [2.24, 2.45) is 5.92 Å². The first-order valence-corrected chi connectivity index (χ1v) is 13.1. The van der Waals surface area contributed by atoms with Gasteiger partial charge in [-0.25, -0.2) is 9.78 Å². The Morgan fingerprint density at radius 2 is 1.79 bits per heavy atom. The second-order valence-corrected chi connectivity index (χ2v) is 10.3. The fourth-order valence-corrected chi connectivity index (χ4v) is 5.48. The smallest absolute Gasteiger partial charge is 0.330 e. The monoisotopic (exact) mass is 472 g/mol. The summed E-state index contributed by atoms with van der Waals surface area (Å²) < 4.78 is 3.50. The van der Waals surface area contributed by atoms with Crippen molar-refractivity contribution in [3.8, 4) is 0 Å². The van der Waals surface area contributed by atoms with Gasteiger partial charge < -0.3 is 9.47 Å². The summed E-state index contributed by atoms with van der Waals surface area (Å²) in [6.07, 6.45) is 7.85. The summed E-state index contributed by atoms with van der Waals surface area (Å²) in [4.78, 5) is 50.0. The number of aromatic nitrogens is 4. The van der Waals surface area contributed by atoms with E-state index in [1.807, 2.05) is 9.47 Å². The van der Waals surface area contributed by atoms with Crippen LogP contribution in [0.25, 0.3) is 11.2 Å². The molecule has 1 saturated heterocycles. The van der Waals surface area contributed by atoms with Crippen molar-refractivity contribution < 1.29 is 4.79 Å². The molecule has 2 fully saturated rings. The van der Waals surface area contributed by atoms with Crippen LogP contribution in [0.4, 0.5) is 0 Å². The second-order valence-electron chi connectivity index (χ2n) is 10.3. The van der Waals surface area contributed by atoms with E-state index in [9.17, 15) is 14.4 Å². The van der Waals surface area contributed by atoms with Gasteiger partial charge in [-0.05, 0) is 25.2 Å². The molecule has 0 radical (unpaired) electrons. The van der Waals surface area contributed by atoms with Crippen LogP contribution in [0, 0.1) is 5.92 Å². The normalized spacial score (nSPS) is 17.9. The minimum absolute atomic E-state index is 0.145. The molecule has 4 rings (SSSR count). The molecular weight excluding hydrogens is 432 g/mol. The molecule has 1 aliphatic heterocycles. The molecule has 2 aromatic rings. The standard InChI is InChI=1S/C25H40N6O3/c1-4-5-12-30-23-22(24(33)27-25(30)34)31(17-18(2)3)20(26-23)10-11-21(32)29-15-13-28(14-16-29)19-8-6-7-9-19/h18-19H,4-17H2,1-3H3,(H,27,33,34). The van der Waals surface area contributed by atoms with Crippen molar-refractivity contribution >= 4 is 17.1 Å². The molecule has 0 unspecified atom stereocenters. The number of aryl methyl sites for hydroxylation is 2. The summed E-state index contributed by atoms with van der Waals surface area (Å²) in [5, 5.41) is 0. The molecule has 0 bridgehead atoms. The Balaban J connectivity index is 1.50. The Morgan fingerprint density at radius 3 is 2.44 bits per heavy atom. The van der Waals surface area contributed by atoms with Gasteiger partial charge in [0.2, 0.25) is 5.91 Å². The van der Waals surface area contributed by atoms with E-state index < -0.39 is 11.2 Å². The lowest BCUT2D eigenvalue weighted by molar-refractivity contribution is -0.133. The van der Waals surface area contributed by atoms with E-state index in [0.29, 0.717) is 54.9 Å². The predicted octanol–water partition coefficient (Wildman–Crippen LogP) is 2.36. The molecule has 1 amide bonds. The molecule has 2 aromatic heterocycles. The molecule has 2 aliphatic rings. The third-order valence-electron chi connectivity index (χ3n) is 7.32. The summed E-state index contributed by atoms with van der Waals surface area (Å²) >= 11 is 0. The third-order valence-corrected chi connectivity index (χ3v) is 7.32. The third kappa shape index (κ3) is 5.29. The van der Waals surface area contributed by atoms with Gasteiger partial charge in [0.05, 0.1) is 0 Å². The van der Waals surface area contributed by atoms with Crippen LogP contribution in [-0.2, 0) is 24.3 Å². The van der Waals surface area contributed by atoms with Gasteiger partial charge in [-0.2, -0.15) is 0 Å². The van der Waals surface area contributed by atoms with Crippen LogP contribution in [0.3, 0.4) is 0 Å². The molecule has 9 heteroatoms. The van der Waals surface area contributed by atoms with E-state index in [-0.39, 0.29) is 5.91 Å². The highest BCUT2D eigenvalue weighted by molar-refractivity contribution is 5.77. The number of amides is 1. The molecule has 1 aliphatic carbocycles. The van der Waals surface area contributed by atoms with Gasteiger partial charge in [-0.1, -0.05) is 40.0 Å². The van der Waals surface area contributed by atoms with E-state index in [1.54, 1.807) is 4.57 Å². The second kappa shape index (κ2) is 10.9. The van der Waals surface area contributed by atoms with Crippen molar-refractivity contribution in [1.82, 2.24) is 28.9 Å². The number of fused-ring (bicyclic) bond motifs is 1. The van der Waals surface area contributed by atoms with Gasteiger partial charge in [0.1, 0.15) is 5.82 Å². The molecule has 0 aromatic carbocycles. The number of hydrogen-bond acceptors (Lipinski definition) is 5. The number of nitrogens with zero attached hydrogens (tertiary/aromatic N) is 5. The molecule has 3 heterocycles. The first-order valence-electron chi connectivity index (χ1n) is 13.1. The molecule has 34 heavy (non-hydrogen) atoms. The number of H-pyrrole nitrogens is 1. The van der Waals surface area contributed by atoms with Gasteiger partial charge >= 0.3 is 5.69 Å². The molecule has 188 valence electrons. The van der Waals surface area contributed by atoms with Gasteiger partial charge in [-0.3, -0.25) is 24.0 Å². The van der Waals surface area contributed by atoms with Crippen molar-refractivity contribution in [1.29, 1.82) is 0 Å². The van der Waals surface area contributed by atoms with Gasteiger partial charge in [-0.15, -0.1) is 0 Å². The van der Waals surface area contributed by atoms with Crippen LogP contribution in [-0.4, -0.2) is 67.0 Å². The zero-order valence-electron chi connectivity index (χ0n) is 21.0. The zero-order valence-corrected chi connectivity index (χ0v) is 21.0. The summed E-state index contributed by atoms with van der Waals surface area (Å²) in [5.41, 5.74) is 0.0666. The summed E-state index contributed by atoms with van der Waals surface area (Å²) in [7, 11) is 0. The van der Waals surface area contributed by atoms with Crippen molar-refractivity contribution in [2.45, 2.75) is 91.3 Å². The lowest BCUT2D eigenvalue weighted by Crippen LogP contribution is -2.51. The Morgan fingerprint density at radius 1 is 1.09 bits per heavy atom. The number of unbranched alkanes of at least 4 members (excludes halogenated alkanes) is 1. The van der Waals surface area contributed by atoms with Gasteiger partial charge in [0.25, 0.3) is 5.56 Å². The van der Waals surface area contributed by atoms with Crippen LogP contribution in [0.15, 0.2) is 9.59 Å². The lowest BCUT2D eigenvalue weighted by Gasteiger charge is -2.38. The highest BCUT2D eigenvalue weighted by Gasteiger charge is 2.28. The zero-order chi connectivity index (χ0) is 24.2. The number of hydrogen-bond donors (Lipinski definition) is 1. The first-order chi connectivity index (χ1) is 16.4. The van der Waals surface area contributed by atoms with Crippen LogP contribution in [0.1, 0.15) is 71.5 Å². The fourth-order valence-electron chi connectivity index (χ4n) is 5.48. The summed E-state index contributed by atoms with van der Waals surface area (Å²) in [6.45, 7) is 10.9. The Kier molecular flexibility index (Phi) is 7.91. The van der Waals surface area contributed by atoms with Gasteiger partial charge in [0, 0.05) is 58.2 Å². The number of rotatable bonds is 9. The molecule has 9 nitrogen and oxygen atoms in total. The van der Waals surface area contributed by atoms with Crippen LogP contribution < -0.4 is 11.2 Å². The number of carbonyl (C=O) groups is 1. The van der Waals surface area contributed by atoms with E-state index in [2.05, 4.69) is 30.7 Å². The Hall–Kier alpha value is -2.42. The molecular formula is C25H40N6O3. The summed E-state index contributed by atoms with van der Waals surface area (Å²) in [6, 6.07) is 0.705. The highest BCUT2D eigenvalue weighted by Crippen LogP contribution is 2.24. The van der Waals surface area contributed by atoms with Crippen LogP contribution >= 0.6 is 0 Å². The molecule has 0 spiro atoms. The number of piperazine rings is 1. The topological polar surface area (TPSA) is 96.2 Å². The van der Waals surface area contributed by atoms with E-state index >= 15 is 0 Å². The SMILES string of the molecule is CCCCn1c(=O)[nH]c(=O)c2c1nc(CCC(=O)N1CCN(C3CCCC3)CC1)n2CC(C)C. The molecule has 1 saturated carbocycles. The quantitative estimate of drug-likeness (QED) is 0.604. The van der Waals surface area contributed by atoms with Crippen molar-refractivity contribution in [3.63, 3.8) is 0 Å². The lowest BCUT2D eigenvalue weighted by atomic mass is 10.1. The first kappa shape index (κ1) is 24.7.